The van der Waals surface area contributed by atoms with Gasteiger partial charge in [0.15, 0.2) is 10.4 Å². The molecule has 0 saturated heterocycles. The Bertz CT molecular complexity index is 577. The fourth-order valence-electron chi connectivity index (χ4n) is 1.60. The summed E-state index contributed by atoms with van der Waals surface area (Å²) in [5.41, 5.74) is 2.13. The second-order valence-corrected chi connectivity index (χ2v) is 4.66. The maximum absolute atomic E-state index is 12.0. The van der Waals surface area contributed by atoms with Crippen LogP contribution in [0, 0.1) is 6.92 Å². The fourth-order valence-corrected chi connectivity index (χ4v) is 2.11. The number of rotatable bonds is 3. The van der Waals surface area contributed by atoms with Gasteiger partial charge in [0.1, 0.15) is 0 Å². The highest BCUT2D eigenvalue weighted by atomic mass is 79.9. The van der Waals surface area contributed by atoms with E-state index in [9.17, 15) is 4.79 Å². The van der Waals surface area contributed by atoms with Gasteiger partial charge in [0, 0.05) is 11.3 Å². The van der Waals surface area contributed by atoms with Crippen LogP contribution in [-0.4, -0.2) is 11.0 Å². The van der Waals surface area contributed by atoms with Crippen molar-refractivity contribution < 1.29 is 14.3 Å². The van der Waals surface area contributed by atoms with E-state index in [0.717, 1.165) is 11.1 Å². The van der Waals surface area contributed by atoms with Crippen LogP contribution in [0.4, 0.5) is 5.69 Å². The predicted octanol–water partition coefficient (Wildman–Crippen LogP) is 3.10. The number of hydrogen-bond acceptors (Lipinski definition) is 3. The van der Waals surface area contributed by atoms with Crippen molar-refractivity contribution in [1.29, 1.82) is 0 Å². The summed E-state index contributed by atoms with van der Waals surface area (Å²) in [6.45, 7) is 1.74. The van der Waals surface area contributed by atoms with E-state index in [1.54, 1.807) is 37.3 Å². The number of carbonyl (C=O) groups is 1. The average molecular weight is 310 g/mol. The number of carbonyl (C=O) groups excluding carboxylic acids is 1. The Kier molecular flexibility index (Phi) is 3.84. The van der Waals surface area contributed by atoms with Gasteiger partial charge >= 0.3 is 0 Å². The summed E-state index contributed by atoms with van der Waals surface area (Å²) in [4.78, 5) is 12.0. The number of halogens is 1. The number of benzene rings is 1. The summed E-state index contributed by atoms with van der Waals surface area (Å²) in [7, 11) is 0. The summed E-state index contributed by atoms with van der Waals surface area (Å²) in [5.74, 6) is -0.0374. The normalized spacial score (nSPS) is 10.4. The maximum atomic E-state index is 12.0. The molecule has 0 aliphatic carbocycles. The highest BCUT2D eigenvalue weighted by Gasteiger charge is 2.15. The van der Waals surface area contributed by atoms with Gasteiger partial charge in [0.05, 0.1) is 6.61 Å². The first-order chi connectivity index (χ1) is 8.60. The second kappa shape index (κ2) is 5.37. The number of nitrogens with one attached hydrogen (secondary N) is 1. The smallest absolute Gasteiger partial charge is 0.291 e. The molecular formula is C13H12BrNO3. The van der Waals surface area contributed by atoms with E-state index in [4.69, 9.17) is 9.52 Å². The Labute approximate surface area is 113 Å². The third kappa shape index (κ3) is 2.80. The number of furan rings is 1. The number of amides is 1. The van der Waals surface area contributed by atoms with Crippen LogP contribution in [0.5, 0.6) is 0 Å². The van der Waals surface area contributed by atoms with Gasteiger partial charge in [-0.05, 0) is 46.6 Å². The number of aryl methyl sites for hydroxylation is 1. The van der Waals surface area contributed by atoms with Gasteiger partial charge in [-0.2, -0.15) is 0 Å². The van der Waals surface area contributed by atoms with Crippen LogP contribution in [0.15, 0.2) is 39.4 Å². The lowest BCUT2D eigenvalue weighted by molar-refractivity contribution is 0.0994. The van der Waals surface area contributed by atoms with Gasteiger partial charge in [0.2, 0.25) is 0 Å². The van der Waals surface area contributed by atoms with Crippen LogP contribution in [0.2, 0.25) is 0 Å². The lowest BCUT2D eigenvalue weighted by Gasteiger charge is -2.05. The first-order valence-corrected chi connectivity index (χ1v) is 6.16. The molecule has 18 heavy (non-hydrogen) atoms. The first-order valence-electron chi connectivity index (χ1n) is 5.37. The van der Waals surface area contributed by atoms with Gasteiger partial charge < -0.3 is 14.8 Å². The standard InChI is InChI=1S/C13H12BrNO3/c1-8-5-11(14)18-12(8)13(17)15-10-4-2-3-9(6-10)7-16/h2-6,16H,7H2,1H3,(H,15,17). The summed E-state index contributed by atoms with van der Waals surface area (Å²) in [5, 5.41) is 11.7. The largest absolute Gasteiger partial charge is 0.444 e. The topological polar surface area (TPSA) is 62.5 Å². The first kappa shape index (κ1) is 12.9. The molecule has 0 atom stereocenters. The van der Waals surface area contributed by atoms with Gasteiger partial charge in [0.25, 0.3) is 5.91 Å². The van der Waals surface area contributed by atoms with Gasteiger partial charge in [-0.25, -0.2) is 0 Å². The quantitative estimate of drug-likeness (QED) is 0.915. The molecule has 0 radical (unpaired) electrons. The molecule has 1 aromatic heterocycles. The molecule has 0 spiro atoms. The van der Waals surface area contributed by atoms with Crippen molar-refractivity contribution >= 4 is 27.5 Å². The molecule has 1 aromatic carbocycles. The second-order valence-electron chi connectivity index (χ2n) is 3.88. The van der Waals surface area contributed by atoms with Crippen LogP contribution in [0.3, 0.4) is 0 Å². The van der Waals surface area contributed by atoms with Gasteiger partial charge in [-0.15, -0.1) is 0 Å². The SMILES string of the molecule is Cc1cc(Br)oc1C(=O)Nc1cccc(CO)c1. The summed E-state index contributed by atoms with van der Waals surface area (Å²) in [6.07, 6.45) is 0. The number of aliphatic hydroxyl groups excluding tert-OH is 1. The van der Waals surface area contributed by atoms with E-state index in [2.05, 4.69) is 21.2 Å². The maximum Gasteiger partial charge on any atom is 0.291 e. The zero-order chi connectivity index (χ0) is 13.1. The van der Waals surface area contributed by atoms with E-state index in [1.165, 1.54) is 0 Å². The molecule has 2 N–H and O–H groups in total. The molecule has 0 saturated carbocycles. The number of aliphatic hydroxyl groups is 1. The molecule has 1 amide bonds. The third-order valence-electron chi connectivity index (χ3n) is 2.46. The molecule has 1 heterocycles. The Hall–Kier alpha value is -1.59. The zero-order valence-corrected chi connectivity index (χ0v) is 11.3. The van der Waals surface area contributed by atoms with Crippen LogP contribution < -0.4 is 5.32 Å². The molecule has 5 heteroatoms. The monoisotopic (exact) mass is 309 g/mol. The number of anilines is 1. The van der Waals surface area contributed by atoms with Crippen LogP contribution in [0.25, 0.3) is 0 Å². The van der Waals surface area contributed by atoms with Gasteiger partial charge in [-0.1, -0.05) is 12.1 Å². The molecule has 4 nitrogen and oxygen atoms in total. The molecular weight excluding hydrogens is 298 g/mol. The van der Waals surface area contributed by atoms with E-state index < -0.39 is 0 Å². The Morgan fingerprint density at radius 1 is 1.44 bits per heavy atom. The molecule has 94 valence electrons. The highest BCUT2D eigenvalue weighted by Crippen LogP contribution is 2.21. The fraction of sp³-hybridized carbons (Fsp3) is 0.154. The molecule has 0 aliphatic rings. The van der Waals surface area contributed by atoms with Crippen molar-refractivity contribution in [1.82, 2.24) is 0 Å². The number of hydrogen-bond donors (Lipinski definition) is 2. The molecule has 2 rings (SSSR count). The third-order valence-corrected chi connectivity index (χ3v) is 2.85. The van der Waals surface area contributed by atoms with Crippen molar-refractivity contribution in [2.75, 3.05) is 5.32 Å². The Balaban J connectivity index is 2.18. The van der Waals surface area contributed by atoms with E-state index in [1.807, 2.05) is 0 Å². The van der Waals surface area contributed by atoms with Crippen molar-refractivity contribution in [3.05, 3.63) is 51.9 Å². The Morgan fingerprint density at radius 2 is 2.22 bits per heavy atom. The molecule has 0 bridgehead atoms. The predicted molar refractivity (Wildman–Crippen MR) is 71.5 cm³/mol. The van der Waals surface area contributed by atoms with Crippen molar-refractivity contribution in [2.45, 2.75) is 13.5 Å². The molecule has 0 aliphatic heterocycles. The van der Waals surface area contributed by atoms with Crippen molar-refractivity contribution in [3.63, 3.8) is 0 Å². The van der Waals surface area contributed by atoms with Gasteiger partial charge in [-0.3, -0.25) is 4.79 Å². The van der Waals surface area contributed by atoms with Crippen LogP contribution in [0.1, 0.15) is 21.7 Å². The Morgan fingerprint density at radius 3 is 2.83 bits per heavy atom. The summed E-state index contributed by atoms with van der Waals surface area (Å²) >= 11 is 3.18. The lowest BCUT2D eigenvalue weighted by Crippen LogP contribution is -2.12. The molecule has 2 aromatic rings. The minimum Gasteiger partial charge on any atom is -0.444 e. The van der Waals surface area contributed by atoms with E-state index in [0.29, 0.717) is 10.4 Å². The van der Waals surface area contributed by atoms with E-state index in [-0.39, 0.29) is 18.3 Å². The average Bonchev–Trinajstić information content (AvgIpc) is 2.69. The minimum absolute atomic E-state index is 0.0605. The van der Waals surface area contributed by atoms with Crippen molar-refractivity contribution in [3.8, 4) is 0 Å². The lowest BCUT2D eigenvalue weighted by atomic mass is 10.2. The zero-order valence-electron chi connectivity index (χ0n) is 9.74. The highest BCUT2D eigenvalue weighted by molar-refractivity contribution is 9.10. The summed E-state index contributed by atoms with van der Waals surface area (Å²) < 4.78 is 5.78. The van der Waals surface area contributed by atoms with Crippen LogP contribution in [-0.2, 0) is 6.61 Å². The van der Waals surface area contributed by atoms with E-state index >= 15 is 0 Å². The van der Waals surface area contributed by atoms with Crippen LogP contribution >= 0.6 is 15.9 Å². The molecule has 0 unspecified atom stereocenters. The summed E-state index contributed by atoms with van der Waals surface area (Å²) in [6, 6.07) is 8.76. The minimum atomic E-state index is -0.312. The van der Waals surface area contributed by atoms with Crippen molar-refractivity contribution in [2.24, 2.45) is 0 Å². The molecule has 0 fully saturated rings.